The van der Waals surface area contributed by atoms with Crippen LogP contribution in [0, 0.1) is 6.92 Å². The number of nitrogens with zero attached hydrogens (tertiary/aromatic N) is 3. The van der Waals surface area contributed by atoms with Gasteiger partial charge in [-0.2, -0.15) is 0 Å². The summed E-state index contributed by atoms with van der Waals surface area (Å²) >= 11 is 1.66. The standard InChI is InChI=1S/C16H18N4OS/c1-12-4-2-5-13(10-12)21-8-7-20-16(14(11-17)18-19-20)15-6-3-9-22-15/h2-6,9-10H,7-8,11,17H2,1H3. The van der Waals surface area contributed by atoms with Crippen LogP contribution in [0.1, 0.15) is 11.3 Å². The van der Waals surface area contributed by atoms with Crippen LogP contribution < -0.4 is 10.5 Å². The molecule has 0 bridgehead atoms. The van der Waals surface area contributed by atoms with Gasteiger partial charge in [0.15, 0.2) is 0 Å². The summed E-state index contributed by atoms with van der Waals surface area (Å²) in [5.74, 6) is 0.872. The molecular weight excluding hydrogens is 296 g/mol. The average Bonchev–Trinajstić information content (AvgIpc) is 3.15. The molecule has 2 aromatic heterocycles. The second kappa shape index (κ2) is 6.72. The maximum atomic E-state index is 5.79. The van der Waals surface area contributed by atoms with Gasteiger partial charge in [0, 0.05) is 6.54 Å². The lowest BCUT2D eigenvalue weighted by Gasteiger charge is -2.09. The van der Waals surface area contributed by atoms with Crippen LogP contribution in [0.25, 0.3) is 10.6 Å². The molecule has 3 aromatic rings. The minimum absolute atomic E-state index is 0.381. The molecular formula is C16H18N4OS. The van der Waals surface area contributed by atoms with Crippen molar-refractivity contribution in [3.05, 3.63) is 53.0 Å². The molecule has 0 aliphatic rings. The first-order valence-electron chi connectivity index (χ1n) is 7.13. The zero-order chi connectivity index (χ0) is 15.4. The van der Waals surface area contributed by atoms with E-state index < -0.39 is 0 Å². The van der Waals surface area contributed by atoms with E-state index in [0.29, 0.717) is 19.7 Å². The molecule has 2 heterocycles. The molecule has 5 nitrogen and oxygen atoms in total. The van der Waals surface area contributed by atoms with E-state index in [0.717, 1.165) is 22.0 Å². The molecule has 0 fully saturated rings. The third kappa shape index (κ3) is 3.18. The summed E-state index contributed by atoms with van der Waals surface area (Å²) in [4.78, 5) is 1.13. The van der Waals surface area contributed by atoms with Crippen molar-refractivity contribution in [1.82, 2.24) is 15.0 Å². The Labute approximate surface area is 133 Å². The number of aryl methyl sites for hydroxylation is 1. The molecule has 0 atom stereocenters. The second-order valence-electron chi connectivity index (χ2n) is 4.95. The fourth-order valence-corrected chi connectivity index (χ4v) is 3.08. The molecule has 0 radical (unpaired) electrons. The Hall–Kier alpha value is -2.18. The lowest BCUT2D eigenvalue weighted by Crippen LogP contribution is -2.11. The van der Waals surface area contributed by atoms with Crippen LogP contribution in [0.5, 0.6) is 5.75 Å². The van der Waals surface area contributed by atoms with Gasteiger partial charge >= 0.3 is 0 Å². The first-order valence-corrected chi connectivity index (χ1v) is 8.01. The van der Waals surface area contributed by atoms with Crippen molar-refractivity contribution in [2.24, 2.45) is 5.73 Å². The van der Waals surface area contributed by atoms with E-state index in [4.69, 9.17) is 10.5 Å². The average molecular weight is 314 g/mol. The Bertz CT molecular complexity index is 736. The number of hydrogen-bond donors (Lipinski definition) is 1. The molecule has 0 amide bonds. The molecule has 1 aromatic carbocycles. The van der Waals surface area contributed by atoms with Crippen LogP contribution in [0.3, 0.4) is 0 Å². The predicted octanol–water partition coefficient (Wildman–Crippen LogP) is 2.85. The van der Waals surface area contributed by atoms with E-state index in [9.17, 15) is 0 Å². The van der Waals surface area contributed by atoms with Crippen LogP contribution in [-0.4, -0.2) is 21.6 Å². The monoisotopic (exact) mass is 314 g/mol. The highest BCUT2D eigenvalue weighted by atomic mass is 32.1. The summed E-state index contributed by atoms with van der Waals surface area (Å²) in [6, 6.07) is 12.1. The van der Waals surface area contributed by atoms with E-state index in [2.05, 4.69) is 16.4 Å². The lowest BCUT2D eigenvalue weighted by atomic mass is 10.2. The minimum atomic E-state index is 0.381. The summed E-state index contributed by atoms with van der Waals surface area (Å²) in [6.07, 6.45) is 0. The molecule has 3 rings (SSSR count). The smallest absolute Gasteiger partial charge is 0.119 e. The van der Waals surface area contributed by atoms with Crippen molar-refractivity contribution in [1.29, 1.82) is 0 Å². The van der Waals surface area contributed by atoms with Gasteiger partial charge in [0.25, 0.3) is 0 Å². The van der Waals surface area contributed by atoms with Crippen LogP contribution in [0.2, 0.25) is 0 Å². The Morgan fingerprint density at radius 1 is 1.27 bits per heavy atom. The number of ether oxygens (including phenoxy) is 1. The summed E-state index contributed by atoms with van der Waals surface area (Å²) in [5, 5.41) is 10.4. The Balaban J connectivity index is 1.72. The topological polar surface area (TPSA) is 66.0 Å². The maximum absolute atomic E-state index is 5.79. The van der Waals surface area contributed by atoms with Gasteiger partial charge in [-0.15, -0.1) is 16.4 Å². The maximum Gasteiger partial charge on any atom is 0.119 e. The highest BCUT2D eigenvalue weighted by Gasteiger charge is 2.14. The fraction of sp³-hybridized carbons (Fsp3) is 0.250. The van der Waals surface area contributed by atoms with Crippen molar-refractivity contribution in [2.45, 2.75) is 20.0 Å². The first kappa shape index (κ1) is 14.7. The van der Waals surface area contributed by atoms with Gasteiger partial charge in [-0.05, 0) is 36.1 Å². The summed E-state index contributed by atoms with van der Waals surface area (Å²) in [6.45, 7) is 3.60. The molecule has 0 saturated carbocycles. The van der Waals surface area contributed by atoms with Crippen LogP contribution in [-0.2, 0) is 13.1 Å². The highest BCUT2D eigenvalue weighted by Crippen LogP contribution is 2.26. The van der Waals surface area contributed by atoms with Crippen LogP contribution >= 0.6 is 11.3 Å². The van der Waals surface area contributed by atoms with Gasteiger partial charge in [0.05, 0.1) is 11.4 Å². The third-order valence-corrected chi connectivity index (χ3v) is 4.19. The second-order valence-corrected chi connectivity index (χ2v) is 5.90. The Morgan fingerprint density at radius 2 is 2.18 bits per heavy atom. The van der Waals surface area contributed by atoms with E-state index in [-0.39, 0.29) is 0 Å². The number of thiophene rings is 1. The third-order valence-electron chi connectivity index (χ3n) is 3.31. The Morgan fingerprint density at radius 3 is 2.91 bits per heavy atom. The number of hydrogen-bond acceptors (Lipinski definition) is 5. The number of rotatable bonds is 6. The van der Waals surface area contributed by atoms with Crippen molar-refractivity contribution >= 4 is 11.3 Å². The van der Waals surface area contributed by atoms with Gasteiger partial charge in [0.1, 0.15) is 23.7 Å². The Kier molecular flexibility index (Phi) is 4.50. The van der Waals surface area contributed by atoms with E-state index in [1.807, 2.05) is 47.3 Å². The minimum Gasteiger partial charge on any atom is -0.492 e. The molecule has 22 heavy (non-hydrogen) atoms. The lowest BCUT2D eigenvalue weighted by molar-refractivity contribution is 0.290. The quantitative estimate of drug-likeness (QED) is 0.760. The van der Waals surface area contributed by atoms with Crippen molar-refractivity contribution in [3.8, 4) is 16.3 Å². The van der Waals surface area contributed by atoms with Crippen molar-refractivity contribution < 1.29 is 4.74 Å². The zero-order valence-corrected chi connectivity index (χ0v) is 13.2. The molecule has 0 aliphatic heterocycles. The molecule has 0 aliphatic carbocycles. The first-order chi connectivity index (χ1) is 10.8. The summed E-state index contributed by atoms with van der Waals surface area (Å²) in [5.41, 5.74) is 8.76. The largest absolute Gasteiger partial charge is 0.492 e. The van der Waals surface area contributed by atoms with Crippen molar-refractivity contribution in [3.63, 3.8) is 0 Å². The summed E-state index contributed by atoms with van der Waals surface area (Å²) in [7, 11) is 0. The van der Waals surface area contributed by atoms with Crippen molar-refractivity contribution in [2.75, 3.05) is 6.61 Å². The molecule has 0 unspecified atom stereocenters. The van der Waals surface area contributed by atoms with E-state index in [1.165, 1.54) is 5.56 Å². The molecule has 6 heteroatoms. The van der Waals surface area contributed by atoms with E-state index >= 15 is 0 Å². The molecule has 2 N–H and O–H groups in total. The van der Waals surface area contributed by atoms with E-state index in [1.54, 1.807) is 11.3 Å². The highest BCUT2D eigenvalue weighted by molar-refractivity contribution is 7.13. The van der Waals surface area contributed by atoms with Gasteiger partial charge in [0.2, 0.25) is 0 Å². The normalized spacial score (nSPS) is 10.8. The van der Waals surface area contributed by atoms with Gasteiger partial charge in [-0.3, -0.25) is 0 Å². The van der Waals surface area contributed by atoms with Crippen LogP contribution in [0.15, 0.2) is 41.8 Å². The number of nitrogens with two attached hydrogens (primary N) is 1. The number of aromatic nitrogens is 3. The van der Waals surface area contributed by atoms with Gasteiger partial charge < -0.3 is 10.5 Å². The van der Waals surface area contributed by atoms with Gasteiger partial charge in [-0.1, -0.05) is 23.4 Å². The molecule has 114 valence electrons. The fourth-order valence-electron chi connectivity index (χ4n) is 2.28. The SMILES string of the molecule is Cc1cccc(OCCn2nnc(CN)c2-c2cccs2)c1. The molecule has 0 spiro atoms. The zero-order valence-electron chi connectivity index (χ0n) is 12.4. The molecule has 0 saturated heterocycles. The predicted molar refractivity (Wildman–Crippen MR) is 87.9 cm³/mol. The summed E-state index contributed by atoms with van der Waals surface area (Å²) < 4.78 is 7.65. The number of benzene rings is 1. The van der Waals surface area contributed by atoms with Gasteiger partial charge in [-0.25, -0.2) is 4.68 Å². The van der Waals surface area contributed by atoms with Crippen LogP contribution in [0.4, 0.5) is 0 Å².